The van der Waals surface area contributed by atoms with E-state index in [1.54, 1.807) is 0 Å². The number of alkyl halides is 1. The fourth-order valence-corrected chi connectivity index (χ4v) is 1.78. The standard InChI is InChI=1S/C11H11BrN2/c12-7-6-10-8-11(14-13-10)9-4-2-1-3-5-9/h1-5,8H,6-7H2,(H,13,14). The molecule has 1 N–H and O–H groups in total. The molecule has 2 aromatic rings. The number of hydrogen-bond donors (Lipinski definition) is 1. The first kappa shape index (κ1) is 9.46. The molecule has 0 bridgehead atoms. The number of benzene rings is 1. The molecular weight excluding hydrogens is 240 g/mol. The van der Waals surface area contributed by atoms with Gasteiger partial charge in [-0.3, -0.25) is 5.10 Å². The Morgan fingerprint density at radius 3 is 2.71 bits per heavy atom. The molecule has 0 amide bonds. The van der Waals surface area contributed by atoms with Crippen molar-refractivity contribution < 1.29 is 0 Å². The van der Waals surface area contributed by atoms with Gasteiger partial charge in [-0.15, -0.1) is 0 Å². The van der Waals surface area contributed by atoms with Crippen LogP contribution >= 0.6 is 15.9 Å². The number of aryl methyl sites for hydroxylation is 1. The largest absolute Gasteiger partial charge is 0.282 e. The maximum Gasteiger partial charge on any atom is 0.0923 e. The molecule has 2 nitrogen and oxygen atoms in total. The SMILES string of the molecule is BrCCc1cc(-c2ccccc2)n[nH]1. The Morgan fingerprint density at radius 1 is 1.21 bits per heavy atom. The van der Waals surface area contributed by atoms with Crippen molar-refractivity contribution in [2.45, 2.75) is 6.42 Å². The van der Waals surface area contributed by atoms with Crippen LogP contribution < -0.4 is 0 Å². The number of aromatic nitrogens is 2. The highest BCUT2D eigenvalue weighted by molar-refractivity contribution is 9.09. The van der Waals surface area contributed by atoms with Gasteiger partial charge < -0.3 is 0 Å². The van der Waals surface area contributed by atoms with E-state index in [1.165, 1.54) is 5.69 Å². The van der Waals surface area contributed by atoms with E-state index in [4.69, 9.17) is 0 Å². The summed E-state index contributed by atoms with van der Waals surface area (Å²) in [5.41, 5.74) is 3.34. The summed E-state index contributed by atoms with van der Waals surface area (Å²) in [6, 6.07) is 12.3. The van der Waals surface area contributed by atoms with E-state index < -0.39 is 0 Å². The molecule has 0 spiro atoms. The fourth-order valence-electron chi connectivity index (χ4n) is 1.35. The number of H-pyrrole nitrogens is 1. The van der Waals surface area contributed by atoms with Crippen LogP contribution in [0.15, 0.2) is 36.4 Å². The molecule has 0 radical (unpaired) electrons. The normalized spacial score (nSPS) is 10.4. The summed E-state index contributed by atoms with van der Waals surface area (Å²) >= 11 is 3.40. The van der Waals surface area contributed by atoms with Crippen LogP contribution in [0, 0.1) is 0 Å². The summed E-state index contributed by atoms with van der Waals surface area (Å²) in [6.45, 7) is 0. The zero-order chi connectivity index (χ0) is 9.80. The smallest absolute Gasteiger partial charge is 0.0923 e. The van der Waals surface area contributed by atoms with Gasteiger partial charge in [-0.2, -0.15) is 5.10 Å². The molecule has 0 aliphatic carbocycles. The van der Waals surface area contributed by atoms with E-state index in [0.717, 1.165) is 23.0 Å². The van der Waals surface area contributed by atoms with E-state index in [1.807, 2.05) is 18.2 Å². The first-order valence-electron chi connectivity index (χ1n) is 4.56. The zero-order valence-electron chi connectivity index (χ0n) is 7.70. The highest BCUT2D eigenvalue weighted by Gasteiger charge is 2.01. The van der Waals surface area contributed by atoms with Crippen molar-refractivity contribution in [1.29, 1.82) is 0 Å². The summed E-state index contributed by atoms with van der Waals surface area (Å²) in [5.74, 6) is 0. The van der Waals surface area contributed by atoms with Gasteiger partial charge in [-0.05, 0) is 12.5 Å². The maximum absolute atomic E-state index is 4.26. The van der Waals surface area contributed by atoms with Gasteiger partial charge in [0.25, 0.3) is 0 Å². The predicted molar refractivity (Wildman–Crippen MR) is 61.5 cm³/mol. The molecule has 1 aromatic carbocycles. The molecule has 0 aliphatic heterocycles. The van der Waals surface area contributed by atoms with Crippen LogP contribution in [0.1, 0.15) is 5.69 Å². The average Bonchev–Trinajstić information content (AvgIpc) is 2.68. The second-order valence-corrected chi connectivity index (χ2v) is 3.88. The van der Waals surface area contributed by atoms with Crippen molar-refractivity contribution in [1.82, 2.24) is 10.2 Å². The van der Waals surface area contributed by atoms with E-state index >= 15 is 0 Å². The number of nitrogens with one attached hydrogen (secondary N) is 1. The van der Waals surface area contributed by atoms with Crippen molar-refractivity contribution in [3.8, 4) is 11.3 Å². The third-order valence-electron chi connectivity index (χ3n) is 2.06. The highest BCUT2D eigenvalue weighted by atomic mass is 79.9. The van der Waals surface area contributed by atoms with Gasteiger partial charge in [0.15, 0.2) is 0 Å². The number of hydrogen-bond acceptors (Lipinski definition) is 1. The highest BCUT2D eigenvalue weighted by Crippen LogP contribution is 2.17. The second kappa shape index (κ2) is 4.42. The van der Waals surface area contributed by atoms with Crippen molar-refractivity contribution in [3.05, 3.63) is 42.1 Å². The Kier molecular flexibility index (Phi) is 2.99. The Hall–Kier alpha value is -1.09. The summed E-state index contributed by atoms with van der Waals surface area (Å²) < 4.78 is 0. The van der Waals surface area contributed by atoms with Crippen molar-refractivity contribution in [2.24, 2.45) is 0 Å². The molecule has 0 fully saturated rings. The molecule has 0 saturated carbocycles. The molecule has 0 saturated heterocycles. The lowest BCUT2D eigenvalue weighted by atomic mass is 10.1. The lowest BCUT2D eigenvalue weighted by molar-refractivity contribution is 0.986. The van der Waals surface area contributed by atoms with Gasteiger partial charge in [-0.25, -0.2) is 0 Å². The van der Waals surface area contributed by atoms with Gasteiger partial charge in [-0.1, -0.05) is 46.3 Å². The van der Waals surface area contributed by atoms with Gasteiger partial charge in [0.05, 0.1) is 5.69 Å². The van der Waals surface area contributed by atoms with Crippen LogP contribution in [0.25, 0.3) is 11.3 Å². The molecular formula is C11H11BrN2. The van der Waals surface area contributed by atoms with E-state index in [9.17, 15) is 0 Å². The van der Waals surface area contributed by atoms with Crippen LogP contribution in [0.4, 0.5) is 0 Å². The Morgan fingerprint density at radius 2 is 2.00 bits per heavy atom. The first-order valence-corrected chi connectivity index (χ1v) is 5.68. The number of rotatable bonds is 3. The number of aromatic amines is 1. The molecule has 0 aliphatic rings. The second-order valence-electron chi connectivity index (χ2n) is 3.08. The predicted octanol–water partition coefficient (Wildman–Crippen LogP) is 3.01. The molecule has 72 valence electrons. The minimum absolute atomic E-state index is 0.962. The summed E-state index contributed by atoms with van der Waals surface area (Å²) in [7, 11) is 0. The molecule has 0 atom stereocenters. The van der Waals surface area contributed by atoms with Crippen molar-refractivity contribution >= 4 is 15.9 Å². The molecule has 14 heavy (non-hydrogen) atoms. The summed E-state index contributed by atoms with van der Waals surface area (Å²) in [4.78, 5) is 0. The first-order chi connectivity index (χ1) is 6.90. The van der Waals surface area contributed by atoms with Crippen molar-refractivity contribution in [3.63, 3.8) is 0 Å². The lowest BCUT2D eigenvalue weighted by Crippen LogP contribution is -1.83. The molecule has 0 unspecified atom stereocenters. The topological polar surface area (TPSA) is 28.7 Å². The fraction of sp³-hybridized carbons (Fsp3) is 0.182. The summed E-state index contributed by atoms with van der Waals surface area (Å²) in [6.07, 6.45) is 0.986. The Balaban J connectivity index is 2.25. The van der Waals surface area contributed by atoms with Crippen molar-refractivity contribution in [2.75, 3.05) is 5.33 Å². The van der Waals surface area contributed by atoms with E-state index in [2.05, 4.69) is 44.3 Å². The molecule has 1 heterocycles. The molecule has 3 heteroatoms. The minimum atomic E-state index is 0.962. The van der Waals surface area contributed by atoms with Crippen LogP contribution in [0.3, 0.4) is 0 Å². The van der Waals surface area contributed by atoms with Crippen LogP contribution in [-0.2, 0) is 6.42 Å². The quantitative estimate of drug-likeness (QED) is 0.834. The lowest BCUT2D eigenvalue weighted by Gasteiger charge is -1.92. The maximum atomic E-state index is 4.26. The average molecular weight is 251 g/mol. The summed E-state index contributed by atoms with van der Waals surface area (Å²) in [5, 5.41) is 8.25. The van der Waals surface area contributed by atoms with Crippen LogP contribution in [-0.4, -0.2) is 15.5 Å². The third kappa shape index (κ3) is 2.04. The molecule has 1 aromatic heterocycles. The van der Waals surface area contributed by atoms with Gasteiger partial charge in [0, 0.05) is 16.6 Å². The Labute approximate surface area is 91.5 Å². The minimum Gasteiger partial charge on any atom is -0.282 e. The van der Waals surface area contributed by atoms with Crippen LogP contribution in [0.2, 0.25) is 0 Å². The van der Waals surface area contributed by atoms with Crippen LogP contribution in [0.5, 0.6) is 0 Å². The third-order valence-corrected chi connectivity index (χ3v) is 2.46. The van der Waals surface area contributed by atoms with E-state index in [0.29, 0.717) is 0 Å². The zero-order valence-corrected chi connectivity index (χ0v) is 9.29. The molecule has 2 rings (SSSR count). The van der Waals surface area contributed by atoms with Gasteiger partial charge in [0.2, 0.25) is 0 Å². The Bertz CT molecular complexity index is 395. The number of nitrogens with zero attached hydrogens (tertiary/aromatic N) is 1. The monoisotopic (exact) mass is 250 g/mol. The van der Waals surface area contributed by atoms with Gasteiger partial charge in [0.1, 0.15) is 0 Å². The van der Waals surface area contributed by atoms with Gasteiger partial charge >= 0.3 is 0 Å². The van der Waals surface area contributed by atoms with E-state index in [-0.39, 0.29) is 0 Å². The number of halogens is 1.